The van der Waals surface area contributed by atoms with Crippen molar-refractivity contribution in [3.8, 4) is 0 Å². The van der Waals surface area contributed by atoms with Gasteiger partial charge in [-0.05, 0) is 36.4 Å². The fourth-order valence-corrected chi connectivity index (χ4v) is 4.85. The molecular formula is C16H14BrFN2O3S2. The summed E-state index contributed by atoms with van der Waals surface area (Å²) >= 11 is 4.62. The van der Waals surface area contributed by atoms with Crippen molar-refractivity contribution in [1.82, 2.24) is 0 Å². The maximum absolute atomic E-state index is 13.9. The molecule has 0 saturated carbocycles. The Hall–Kier alpha value is -1.58. The lowest BCUT2D eigenvalue weighted by atomic mass is 10.3. The summed E-state index contributed by atoms with van der Waals surface area (Å²) in [6, 6.07) is 8.52. The van der Waals surface area contributed by atoms with E-state index in [4.69, 9.17) is 0 Å². The first-order valence-corrected chi connectivity index (χ1v) is 10.5. The Morgan fingerprint density at radius 1 is 1.28 bits per heavy atom. The molecule has 9 heteroatoms. The van der Waals surface area contributed by atoms with E-state index in [0.29, 0.717) is 16.6 Å². The Morgan fingerprint density at radius 2 is 2.04 bits per heavy atom. The number of fused-ring (bicyclic) bond motifs is 1. The van der Waals surface area contributed by atoms with Gasteiger partial charge < -0.3 is 5.32 Å². The van der Waals surface area contributed by atoms with Gasteiger partial charge in [0.15, 0.2) is 0 Å². The molecule has 0 fully saturated rings. The first kappa shape index (κ1) is 18.2. The normalized spacial score (nSPS) is 17.4. The van der Waals surface area contributed by atoms with Crippen LogP contribution in [0.5, 0.6) is 0 Å². The molecule has 1 aliphatic rings. The van der Waals surface area contributed by atoms with Gasteiger partial charge in [-0.3, -0.25) is 9.52 Å². The van der Waals surface area contributed by atoms with Gasteiger partial charge in [0.1, 0.15) is 5.82 Å². The summed E-state index contributed by atoms with van der Waals surface area (Å²) in [5, 5.41) is 2.81. The molecule has 0 aromatic heterocycles. The van der Waals surface area contributed by atoms with Crippen LogP contribution in [-0.4, -0.2) is 19.6 Å². The second-order valence-electron chi connectivity index (χ2n) is 5.57. The molecule has 25 heavy (non-hydrogen) atoms. The summed E-state index contributed by atoms with van der Waals surface area (Å²) in [5.41, 5.74) is 0.295. The number of rotatable bonds is 3. The van der Waals surface area contributed by atoms with Crippen LogP contribution in [0.4, 0.5) is 15.8 Å². The quantitative estimate of drug-likeness (QED) is 0.743. The smallest absolute Gasteiger partial charge is 0.262 e. The van der Waals surface area contributed by atoms with Crippen LogP contribution < -0.4 is 10.0 Å². The van der Waals surface area contributed by atoms with E-state index in [1.165, 1.54) is 42.1 Å². The van der Waals surface area contributed by atoms with Crippen LogP contribution >= 0.6 is 27.7 Å². The average molecular weight is 445 g/mol. The van der Waals surface area contributed by atoms with Gasteiger partial charge in [-0.15, -0.1) is 11.8 Å². The van der Waals surface area contributed by atoms with Gasteiger partial charge in [0.05, 0.1) is 16.3 Å². The van der Waals surface area contributed by atoms with E-state index in [2.05, 4.69) is 26.0 Å². The van der Waals surface area contributed by atoms with E-state index in [-0.39, 0.29) is 21.7 Å². The van der Waals surface area contributed by atoms with Crippen molar-refractivity contribution < 1.29 is 17.6 Å². The van der Waals surface area contributed by atoms with Gasteiger partial charge in [-0.1, -0.05) is 22.9 Å². The molecule has 1 atom stereocenters. The summed E-state index contributed by atoms with van der Waals surface area (Å²) < 4.78 is 41.7. The highest BCUT2D eigenvalue weighted by Crippen LogP contribution is 2.36. The molecule has 0 radical (unpaired) electrons. The van der Waals surface area contributed by atoms with Crippen molar-refractivity contribution in [2.45, 2.75) is 28.4 Å². The Labute approximate surface area is 157 Å². The number of sulfonamides is 1. The number of hydrogen-bond acceptors (Lipinski definition) is 4. The number of hydrogen-bond donors (Lipinski definition) is 2. The van der Waals surface area contributed by atoms with Crippen LogP contribution in [-0.2, 0) is 14.8 Å². The van der Waals surface area contributed by atoms with Crippen molar-refractivity contribution in [2.75, 3.05) is 10.0 Å². The highest BCUT2D eigenvalue weighted by molar-refractivity contribution is 9.10. The molecule has 2 aromatic carbocycles. The maximum Gasteiger partial charge on any atom is 0.262 e. The van der Waals surface area contributed by atoms with Crippen LogP contribution in [0.15, 0.2) is 50.7 Å². The molecule has 2 aromatic rings. The Bertz CT molecular complexity index is 950. The predicted octanol–water partition coefficient (Wildman–Crippen LogP) is 4.21. The average Bonchev–Trinajstić information content (AvgIpc) is 2.65. The summed E-state index contributed by atoms with van der Waals surface area (Å²) in [6.07, 6.45) is 0.351. The Balaban J connectivity index is 1.94. The minimum atomic E-state index is -3.99. The molecule has 0 spiro atoms. The second-order valence-corrected chi connectivity index (χ2v) is 9.65. The maximum atomic E-state index is 13.9. The van der Waals surface area contributed by atoms with E-state index < -0.39 is 15.8 Å². The fourth-order valence-electron chi connectivity index (χ4n) is 2.37. The zero-order valence-electron chi connectivity index (χ0n) is 13.0. The molecule has 5 nitrogen and oxygen atoms in total. The molecule has 132 valence electrons. The lowest BCUT2D eigenvalue weighted by Gasteiger charge is -2.12. The zero-order chi connectivity index (χ0) is 18.2. The van der Waals surface area contributed by atoms with E-state index in [9.17, 15) is 17.6 Å². The van der Waals surface area contributed by atoms with E-state index >= 15 is 0 Å². The fraction of sp³-hybridized carbons (Fsp3) is 0.188. The largest absolute Gasteiger partial charge is 0.325 e. The van der Waals surface area contributed by atoms with Gasteiger partial charge in [-0.2, -0.15) is 0 Å². The van der Waals surface area contributed by atoms with Crippen molar-refractivity contribution in [3.63, 3.8) is 0 Å². The lowest BCUT2D eigenvalue weighted by Crippen LogP contribution is -2.16. The molecule has 2 N–H and O–H groups in total. The topological polar surface area (TPSA) is 75.3 Å². The highest BCUT2D eigenvalue weighted by atomic mass is 79.9. The van der Waals surface area contributed by atoms with Crippen molar-refractivity contribution in [3.05, 3.63) is 46.7 Å². The summed E-state index contributed by atoms with van der Waals surface area (Å²) in [6.45, 7) is 1.93. The van der Waals surface area contributed by atoms with Crippen molar-refractivity contribution >= 4 is 55.0 Å². The lowest BCUT2D eigenvalue weighted by molar-refractivity contribution is -0.116. The molecule has 3 rings (SSSR count). The van der Waals surface area contributed by atoms with Crippen LogP contribution in [0.2, 0.25) is 0 Å². The SMILES string of the molecule is CC1CC(=O)Nc2cc(S(=O)(=O)Nc3ccc(Br)cc3F)ccc2S1. The van der Waals surface area contributed by atoms with Crippen molar-refractivity contribution in [1.29, 1.82) is 0 Å². The molecule has 0 bridgehead atoms. The summed E-state index contributed by atoms with van der Waals surface area (Å²) in [7, 11) is -3.99. The zero-order valence-corrected chi connectivity index (χ0v) is 16.3. The number of thioether (sulfide) groups is 1. The van der Waals surface area contributed by atoms with Crippen LogP contribution in [0.1, 0.15) is 13.3 Å². The molecule has 1 unspecified atom stereocenters. The third-order valence-corrected chi connectivity index (χ3v) is 6.55. The van der Waals surface area contributed by atoms with Gasteiger partial charge in [-0.25, -0.2) is 12.8 Å². The standard InChI is InChI=1S/C16H14BrFN2O3S2/c1-9-6-16(21)19-14-8-11(3-5-15(14)24-9)25(22,23)20-13-4-2-10(17)7-12(13)18/h2-5,7-9,20H,6H2,1H3,(H,19,21). The van der Waals surface area contributed by atoms with E-state index in [1.807, 2.05) is 6.92 Å². The van der Waals surface area contributed by atoms with Crippen LogP contribution in [0.25, 0.3) is 0 Å². The van der Waals surface area contributed by atoms with E-state index in [1.54, 1.807) is 6.07 Å². The molecular weight excluding hydrogens is 431 g/mol. The number of anilines is 2. The number of benzene rings is 2. The Kier molecular flexibility index (Phi) is 5.08. The summed E-state index contributed by atoms with van der Waals surface area (Å²) in [4.78, 5) is 12.6. The number of nitrogens with one attached hydrogen (secondary N) is 2. The molecule has 0 aliphatic carbocycles. The number of amides is 1. The van der Waals surface area contributed by atoms with Gasteiger partial charge in [0.2, 0.25) is 5.91 Å². The highest BCUT2D eigenvalue weighted by Gasteiger charge is 2.23. The minimum absolute atomic E-state index is 0.0518. The first-order valence-electron chi connectivity index (χ1n) is 7.33. The third kappa shape index (κ3) is 4.16. The monoisotopic (exact) mass is 444 g/mol. The molecule has 0 saturated heterocycles. The summed E-state index contributed by atoms with van der Waals surface area (Å²) in [5.74, 6) is -0.856. The van der Waals surface area contributed by atoms with Crippen LogP contribution in [0.3, 0.4) is 0 Å². The van der Waals surface area contributed by atoms with Gasteiger partial charge in [0.25, 0.3) is 10.0 Å². The van der Waals surface area contributed by atoms with Crippen molar-refractivity contribution in [2.24, 2.45) is 0 Å². The molecule has 1 heterocycles. The van der Waals surface area contributed by atoms with E-state index in [0.717, 1.165) is 4.90 Å². The third-order valence-electron chi connectivity index (χ3n) is 3.51. The number of carbonyl (C=O) groups excluding carboxylic acids is 1. The van der Waals surface area contributed by atoms with Gasteiger partial charge in [0, 0.05) is 21.0 Å². The van der Waals surface area contributed by atoms with Crippen LogP contribution in [0, 0.1) is 5.82 Å². The predicted molar refractivity (Wildman–Crippen MR) is 99.9 cm³/mol. The Morgan fingerprint density at radius 3 is 2.76 bits per heavy atom. The first-order chi connectivity index (χ1) is 11.7. The molecule has 1 amide bonds. The molecule has 1 aliphatic heterocycles. The number of halogens is 2. The number of carbonyl (C=O) groups is 1. The second kappa shape index (κ2) is 6.97. The van der Waals surface area contributed by atoms with Gasteiger partial charge >= 0.3 is 0 Å². The minimum Gasteiger partial charge on any atom is -0.325 e.